The lowest BCUT2D eigenvalue weighted by atomic mass is 10.2. The molecule has 0 radical (unpaired) electrons. The number of urea groups is 1. The number of carbonyl (C=O) groups excluding carboxylic acids is 2. The summed E-state index contributed by atoms with van der Waals surface area (Å²) in [4.78, 5) is 36.0. The maximum atomic E-state index is 13.5. The summed E-state index contributed by atoms with van der Waals surface area (Å²) in [6.45, 7) is 0.152. The molecule has 31 heavy (non-hydrogen) atoms. The van der Waals surface area contributed by atoms with E-state index in [1.807, 2.05) is 6.07 Å². The van der Waals surface area contributed by atoms with E-state index >= 15 is 0 Å². The number of aromatic carboxylic acids is 1. The molecule has 3 rings (SSSR count). The van der Waals surface area contributed by atoms with Crippen LogP contribution < -0.4 is 16.0 Å². The highest BCUT2D eigenvalue weighted by Gasteiger charge is 2.24. The number of rotatable bonds is 6. The summed E-state index contributed by atoms with van der Waals surface area (Å²) in [5.74, 6) is -5.31. The molecule has 12 heteroatoms. The lowest BCUT2D eigenvalue weighted by Gasteiger charge is -2.10. The number of anilines is 2. The fourth-order valence-electron chi connectivity index (χ4n) is 2.52. The van der Waals surface area contributed by atoms with Crippen molar-refractivity contribution in [1.29, 1.82) is 0 Å². The van der Waals surface area contributed by atoms with Crippen molar-refractivity contribution in [2.75, 3.05) is 10.6 Å². The molecule has 3 amide bonds. The van der Waals surface area contributed by atoms with Gasteiger partial charge in [0.2, 0.25) is 0 Å². The number of nitrogens with zero attached hydrogens (tertiary/aromatic N) is 1. The van der Waals surface area contributed by atoms with Crippen LogP contribution in [0.2, 0.25) is 5.02 Å². The van der Waals surface area contributed by atoms with Crippen LogP contribution in [0.3, 0.4) is 0 Å². The molecule has 1 heterocycles. The highest BCUT2D eigenvalue weighted by atomic mass is 35.5. The van der Waals surface area contributed by atoms with Crippen LogP contribution in [0.1, 0.15) is 26.4 Å². The number of hydrogen-bond acceptors (Lipinski definition) is 4. The molecule has 0 aliphatic heterocycles. The number of hydrogen-bond donors (Lipinski definition) is 5. The summed E-state index contributed by atoms with van der Waals surface area (Å²) < 4.78 is 26.7. The Kier molecular flexibility index (Phi) is 6.46. The van der Waals surface area contributed by atoms with Crippen molar-refractivity contribution >= 4 is 41.0 Å². The Bertz CT molecular complexity index is 1150. The number of aromatic amines is 1. The van der Waals surface area contributed by atoms with Gasteiger partial charge in [-0.3, -0.25) is 9.89 Å². The molecule has 0 spiro atoms. The summed E-state index contributed by atoms with van der Waals surface area (Å²) in [5, 5.41) is 21.8. The average molecular weight is 450 g/mol. The molecular weight excluding hydrogens is 436 g/mol. The summed E-state index contributed by atoms with van der Waals surface area (Å²) >= 11 is 5.77. The minimum atomic E-state index is -1.49. The number of benzene rings is 2. The van der Waals surface area contributed by atoms with E-state index in [-0.39, 0.29) is 23.1 Å². The highest BCUT2D eigenvalue weighted by molar-refractivity contribution is 6.34. The molecule has 0 aliphatic rings. The van der Waals surface area contributed by atoms with E-state index in [0.717, 1.165) is 5.56 Å². The summed E-state index contributed by atoms with van der Waals surface area (Å²) in [6, 6.07) is 9.36. The first kappa shape index (κ1) is 21.7. The second-order valence-electron chi connectivity index (χ2n) is 6.12. The van der Waals surface area contributed by atoms with Gasteiger partial charge in [0.15, 0.2) is 23.1 Å². The smallest absolute Gasteiger partial charge is 0.358 e. The SMILES string of the molecule is O=C(NCc1ccccc1)Nc1c(C(=O)O)n[nH]c1NC(=O)c1cc(F)c(F)cc1Cl. The number of carboxylic acid groups (broad SMARTS) is 1. The Morgan fingerprint density at radius 3 is 2.42 bits per heavy atom. The molecule has 1 aromatic heterocycles. The van der Waals surface area contributed by atoms with Gasteiger partial charge < -0.3 is 21.1 Å². The fraction of sp³-hybridized carbons (Fsp3) is 0.0526. The van der Waals surface area contributed by atoms with E-state index in [9.17, 15) is 28.3 Å². The summed E-state index contributed by atoms with van der Waals surface area (Å²) in [5.41, 5.74) is -0.539. The lowest BCUT2D eigenvalue weighted by Crippen LogP contribution is -2.29. The minimum absolute atomic E-state index is 0.152. The average Bonchev–Trinajstić information content (AvgIpc) is 3.12. The number of amides is 3. The van der Waals surface area contributed by atoms with Gasteiger partial charge in [-0.25, -0.2) is 18.4 Å². The van der Waals surface area contributed by atoms with Gasteiger partial charge in [-0.1, -0.05) is 41.9 Å². The number of nitrogens with one attached hydrogen (secondary N) is 4. The Morgan fingerprint density at radius 2 is 1.74 bits per heavy atom. The Hall–Kier alpha value is -3.99. The second kappa shape index (κ2) is 9.22. The summed E-state index contributed by atoms with van der Waals surface area (Å²) in [7, 11) is 0. The lowest BCUT2D eigenvalue weighted by molar-refractivity contribution is 0.0691. The topological polar surface area (TPSA) is 136 Å². The van der Waals surface area contributed by atoms with Gasteiger partial charge in [0.25, 0.3) is 5.91 Å². The number of halogens is 3. The predicted molar refractivity (Wildman–Crippen MR) is 107 cm³/mol. The third-order valence-electron chi connectivity index (χ3n) is 4.00. The van der Waals surface area contributed by atoms with Gasteiger partial charge in [0, 0.05) is 6.54 Å². The van der Waals surface area contributed by atoms with Crippen molar-refractivity contribution in [3.8, 4) is 0 Å². The molecule has 0 atom stereocenters. The first-order chi connectivity index (χ1) is 14.8. The van der Waals surface area contributed by atoms with Crippen LogP contribution in [0.5, 0.6) is 0 Å². The third kappa shape index (κ3) is 5.14. The number of H-pyrrole nitrogens is 1. The van der Waals surface area contributed by atoms with Crippen LogP contribution in [0.4, 0.5) is 25.1 Å². The van der Waals surface area contributed by atoms with E-state index < -0.39 is 40.8 Å². The predicted octanol–water partition coefficient (Wildman–Crippen LogP) is 3.61. The first-order valence-corrected chi connectivity index (χ1v) is 9.00. The van der Waals surface area contributed by atoms with E-state index in [2.05, 4.69) is 26.1 Å². The molecule has 0 unspecified atom stereocenters. The Balaban J connectivity index is 1.79. The van der Waals surface area contributed by atoms with Crippen molar-refractivity contribution in [3.05, 3.63) is 75.9 Å². The molecule has 9 nitrogen and oxygen atoms in total. The maximum absolute atomic E-state index is 13.5. The summed E-state index contributed by atoms with van der Waals surface area (Å²) in [6.07, 6.45) is 0. The zero-order valence-electron chi connectivity index (χ0n) is 15.5. The van der Waals surface area contributed by atoms with Crippen LogP contribution in [-0.2, 0) is 6.54 Å². The van der Waals surface area contributed by atoms with E-state index in [0.29, 0.717) is 12.1 Å². The molecule has 0 saturated heterocycles. The molecule has 3 aromatic rings. The number of aromatic nitrogens is 2. The van der Waals surface area contributed by atoms with Crippen LogP contribution in [-0.4, -0.2) is 33.2 Å². The Morgan fingerprint density at radius 1 is 1.06 bits per heavy atom. The monoisotopic (exact) mass is 449 g/mol. The van der Waals surface area contributed by atoms with Gasteiger partial charge in [-0.05, 0) is 17.7 Å². The van der Waals surface area contributed by atoms with Gasteiger partial charge in [0.05, 0.1) is 10.6 Å². The Labute approximate surface area is 178 Å². The molecule has 0 saturated carbocycles. The molecule has 5 N–H and O–H groups in total. The van der Waals surface area contributed by atoms with Crippen LogP contribution in [0.15, 0.2) is 42.5 Å². The standard InChI is InChI=1S/C19H14ClF2N5O4/c20-11-7-13(22)12(21)6-10(11)17(28)25-16-14(15(18(29)30)26-27-16)24-19(31)23-8-9-4-2-1-3-5-9/h1-7H,8H2,(H,29,30)(H2,23,24,31)(H2,25,26,27,28). The molecule has 160 valence electrons. The molecule has 0 aliphatic carbocycles. The third-order valence-corrected chi connectivity index (χ3v) is 4.31. The van der Waals surface area contributed by atoms with Crippen molar-refractivity contribution < 1.29 is 28.3 Å². The first-order valence-electron chi connectivity index (χ1n) is 8.62. The quantitative estimate of drug-likeness (QED) is 0.366. The van der Waals surface area contributed by atoms with Gasteiger partial charge in [-0.15, -0.1) is 0 Å². The van der Waals surface area contributed by atoms with Crippen LogP contribution in [0.25, 0.3) is 0 Å². The van der Waals surface area contributed by atoms with Crippen LogP contribution in [0, 0.1) is 11.6 Å². The number of carbonyl (C=O) groups is 3. The largest absolute Gasteiger partial charge is 0.476 e. The van der Waals surface area contributed by atoms with E-state index in [1.54, 1.807) is 24.3 Å². The van der Waals surface area contributed by atoms with Gasteiger partial charge in [-0.2, -0.15) is 5.10 Å². The minimum Gasteiger partial charge on any atom is -0.476 e. The van der Waals surface area contributed by atoms with Crippen LogP contribution >= 0.6 is 11.6 Å². The normalized spacial score (nSPS) is 10.4. The van der Waals surface area contributed by atoms with Crippen molar-refractivity contribution in [1.82, 2.24) is 15.5 Å². The molecule has 0 bridgehead atoms. The number of carboxylic acids is 1. The van der Waals surface area contributed by atoms with Gasteiger partial charge >= 0.3 is 12.0 Å². The van der Waals surface area contributed by atoms with Crippen molar-refractivity contribution in [3.63, 3.8) is 0 Å². The van der Waals surface area contributed by atoms with Gasteiger partial charge in [0.1, 0.15) is 5.69 Å². The van der Waals surface area contributed by atoms with E-state index in [4.69, 9.17) is 11.6 Å². The molecule has 2 aromatic carbocycles. The highest BCUT2D eigenvalue weighted by Crippen LogP contribution is 2.26. The molecule has 0 fully saturated rings. The zero-order valence-corrected chi connectivity index (χ0v) is 16.3. The molecular formula is C19H14ClF2N5O4. The second-order valence-corrected chi connectivity index (χ2v) is 6.53. The van der Waals surface area contributed by atoms with Crippen molar-refractivity contribution in [2.45, 2.75) is 6.54 Å². The van der Waals surface area contributed by atoms with Crippen molar-refractivity contribution in [2.24, 2.45) is 0 Å². The zero-order chi connectivity index (χ0) is 22.5. The maximum Gasteiger partial charge on any atom is 0.358 e. The van der Waals surface area contributed by atoms with E-state index in [1.165, 1.54) is 0 Å². The fourth-order valence-corrected chi connectivity index (χ4v) is 2.76.